The second kappa shape index (κ2) is 5.98. The van der Waals surface area contributed by atoms with Gasteiger partial charge in [-0.2, -0.15) is 10.1 Å². The minimum Gasteiger partial charge on any atom is -0.392 e. The molecule has 0 aromatic carbocycles. The number of rotatable bonds is 2. The van der Waals surface area contributed by atoms with Crippen molar-refractivity contribution in [1.82, 2.24) is 20.1 Å². The third-order valence-corrected chi connectivity index (χ3v) is 4.50. The molecule has 0 bridgehead atoms. The Kier molecular flexibility index (Phi) is 4.07. The number of hydrogen-bond donors (Lipinski definition) is 3. The molecule has 1 aliphatic heterocycles. The van der Waals surface area contributed by atoms with E-state index in [2.05, 4.69) is 20.1 Å². The normalized spacial score (nSPS) is 30.5. The molecule has 116 valence electrons. The molecular weight excluding hydrogens is 272 g/mol. The minimum atomic E-state index is -0.461. The molecule has 1 saturated heterocycles. The van der Waals surface area contributed by atoms with Gasteiger partial charge in [0.25, 0.3) is 0 Å². The van der Waals surface area contributed by atoms with Crippen molar-refractivity contribution in [2.45, 2.75) is 31.4 Å². The number of anilines is 1. The van der Waals surface area contributed by atoms with Crippen LogP contribution in [0.2, 0.25) is 0 Å². The lowest BCUT2D eigenvalue weighted by Crippen LogP contribution is -2.52. The van der Waals surface area contributed by atoms with E-state index in [-0.39, 0.29) is 17.9 Å². The Morgan fingerprint density at radius 1 is 1.33 bits per heavy atom. The Morgan fingerprint density at radius 3 is 2.71 bits per heavy atom. The van der Waals surface area contributed by atoms with E-state index in [1.54, 1.807) is 0 Å². The van der Waals surface area contributed by atoms with Gasteiger partial charge in [0.05, 0.1) is 6.10 Å². The topological polar surface area (TPSA) is 111 Å². The maximum absolute atomic E-state index is 12.5. The molecule has 0 radical (unpaired) electrons. The first-order chi connectivity index (χ1) is 10.1. The third kappa shape index (κ3) is 3.01. The van der Waals surface area contributed by atoms with Crippen LogP contribution in [0.25, 0.3) is 0 Å². The van der Waals surface area contributed by atoms with E-state index in [1.807, 2.05) is 4.90 Å². The molecule has 3 rings (SSSR count). The quantitative estimate of drug-likeness (QED) is 0.641. The average molecular weight is 294 g/mol. The van der Waals surface area contributed by atoms with Gasteiger partial charge in [-0.25, -0.2) is 5.10 Å². The van der Waals surface area contributed by atoms with Gasteiger partial charge in [0.2, 0.25) is 11.9 Å². The first kappa shape index (κ1) is 14.3. The van der Waals surface area contributed by atoms with E-state index in [1.165, 1.54) is 6.33 Å². The molecule has 4 N–H and O–H groups in total. The summed E-state index contributed by atoms with van der Waals surface area (Å²) in [5.74, 6) is 0.889. The number of aromatic amines is 1. The summed E-state index contributed by atoms with van der Waals surface area (Å²) >= 11 is 0. The Balaban J connectivity index is 1.53. The number of aromatic nitrogens is 3. The fourth-order valence-corrected chi connectivity index (χ4v) is 3.16. The number of aliphatic hydroxyl groups is 1. The lowest BCUT2D eigenvalue weighted by molar-refractivity contribution is -0.137. The van der Waals surface area contributed by atoms with Crippen LogP contribution in [-0.2, 0) is 4.79 Å². The Bertz CT molecular complexity index is 471. The fourth-order valence-electron chi connectivity index (χ4n) is 3.16. The zero-order chi connectivity index (χ0) is 14.8. The Morgan fingerprint density at radius 2 is 2.10 bits per heavy atom. The highest BCUT2D eigenvalue weighted by molar-refractivity contribution is 5.79. The first-order valence-corrected chi connectivity index (χ1v) is 7.48. The van der Waals surface area contributed by atoms with Crippen molar-refractivity contribution in [3.63, 3.8) is 0 Å². The van der Waals surface area contributed by atoms with Gasteiger partial charge in [0.1, 0.15) is 6.33 Å². The van der Waals surface area contributed by atoms with Gasteiger partial charge >= 0.3 is 0 Å². The van der Waals surface area contributed by atoms with E-state index in [9.17, 15) is 9.90 Å². The van der Waals surface area contributed by atoms with Crippen LogP contribution in [-0.4, -0.2) is 69.4 Å². The van der Waals surface area contributed by atoms with Crippen molar-refractivity contribution < 1.29 is 9.90 Å². The highest BCUT2D eigenvalue weighted by atomic mass is 16.3. The molecule has 2 fully saturated rings. The van der Waals surface area contributed by atoms with Gasteiger partial charge in [-0.3, -0.25) is 4.79 Å². The van der Waals surface area contributed by atoms with Crippen LogP contribution in [0, 0.1) is 5.92 Å². The number of aliphatic hydroxyl groups excluding tert-OH is 1. The molecule has 1 aliphatic carbocycles. The molecule has 0 spiro atoms. The summed E-state index contributed by atoms with van der Waals surface area (Å²) in [6.07, 6.45) is 2.97. The monoisotopic (exact) mass is 294 g/mol. The Hall–Kier alpha value is -1.67. The predicted molar refractivity (Wildman–Crippen MR) is 76.5 cm³/mol. The lowest BCUT2D eigenvalue weighted by atomic mass is 9.83. The fraction of sp³-hybridized carbons (Fsp3) is 0.769. The molecule has 1 aromatic rings. The smallest absolute Gasteiger partial charge is 0.225 e. The highest BCUT2D eigenvalue weighted by Gasteiger charge is 2.34. The zero-order valence-corrected chi connectivity index (χ0v) is 12.0. The number of nitrogens with zero attached hydrogens (tertiary/aromatic N) is 4. The van der Waals surface area contributed by atoms with Crippen molar-refractivity contribution in [1.29, 1.82) is 0 Å². The van der Waals surface area contributed by atoms with E-state index < -0.39 is 6.10 Å². The first-order valence-electron chi connectivity index (χ1n) is 7.48. The zero-order valence-electron chi connectivity index (χ0n) is 12.0. The number of hydrogen-bond acceptors (Lipinski definition) is 6. The Labute approximate surface area is 123 Å². The molecule has 1 aromatic heterocycles. The maximum Gasteiger partial charge on any atom is 0.225 e. The van der Waals surface area contributed by atoms with Crippen molar-refractivity contribution in [2.24, 2.45) is 11.7 Å². The predicted octanol–water partition coefficient (Wildman–Crippen LogP) is -1.06. The van der Waals surface area contributed by atoms with Crippen LogP contribution in [0.4, 0.5) is 5.95 Å². The maximum atomic E-state index is 12.5. The van der Waals surface area contributed by atoms with Crippen LogP contribution < -0.4 is 10.6 Å². The van der Waals surface area contributed by atoms with E-state index >= 15 is 0 Å². The summed E-state index contributed by atoms with van der Waals surface area (Å²) in [5.41, 5.74) is 5.87. The van der Waals surface area contributed by atoms with Crippen molar-refractivity contribution in [3.8, 4) is 0 Å². The molecule has 1 amide bonds. The summed E-state index contributed by atoms with van der Waals surface area (Å²) in [6.45, 7) is 2.88. The van der Waals surface area contributed by atoms with Gasteiger partial charge in [-0.05, 0) is 19.3 Å². The molecule has 8 heteroatoms. The van der Waals surface area contributed by atoms with Gasteiger partial charge < -0.3 is 20.6 Å². The van der Waals surface area contributed by atoms with Crippen LogP contribution in [0.5, 0.6) is 0 Å². The second-order valence-electron chi connectivity index (χ2n) is 5.86. The number of H-pyrrole nitrogens is 1. The van der Waals surface area contributed by atoms with E-state index in [4.69, 9.17) is 5.73 Å². The van der Waals surface area contributed by atoms with Gasteiger partial charge in [-0.15, -0.1) is 0 Å². The second-order valence-corrected chi connectivity index (χ2v) is 5.86. The van der Waals surface area contributed by atoms with Gasteiger partial charge in [0, 0.05) is 38.1 Å². The molecule has 8 nitrogen and oxygen atoms in total. The molecule has 2 aliphatic rings. The SMILES string of the molecule is N[C@@H]1C[C@@H](C(=O)N2CCN(c3ncn[nH]3)CC2)CC[C@H]1O. The molecule has 1 saturated carbocycles. The summed E-state index contributed by atoms with van der Waals surface area (Å²) in [6, 6.07) is -0.275. The van der Waals surface area contributed by atoms with Crippen LogP contribution >= 0.6 is 0 Å². The summed E-state index contributed by atoms with van der Waals surface area (Å²) in [4.78, 5) is 20.7. The number of piperazine rings is 1. The average Bonchev–Trinajstić information content (AvgIpc) is 3.04. The highest BCUT2D eigenvalue weighted by Crippen LogP contribution is 2.26. The molecule has 21 heavy (non-hydrogen) atoms. The van der Waals surface area contributed by atoms with Crippen LogP contribution in [0.1, 0.15) is 19.3 Å². The van der Waals surface area contributed by atoms with Crippen LogP contribution in [0.15, 0.2) is 6.33 Å². The summed E-state index contributed by atoms with van der Waals surface area (Å²) in [5, 5.41) is 16.3. The standard InChI is InChI=1S/C13H22N6O2/c14-10-7-9(1-2-11(10)20)12(21)18-3-5-19(6-4-18)13-15-8-16-17-13/h8-11,20H,1-7,14H2,(H,15,16,17)/t9-,10+,11+/m0/s1. The molecular formula is C13H22N6O2. The summed E-state index contributed by atoms with van der Waals surface area (Å²) < 4.78 is 0. The van der Waals surface area contributed by atoms with Crippen molar-refractivity contribution in [3.05, 3.63) is 6.33 Å². The summed E-state index contributed by atoms with van der Waals surface area (Å²) in [7, 11) is 0. The minimum absolute atomic E-state index is 0.0415. The number of nitrogens with two attached hydrogens (primary N) is 1. The lowest BCUT2D eigenvalue weighted by Gasteiger charge is -2.38. The third-order valence-electron chi connectivity index (χ3n) is 4.50. The largest absolute Gasteiger partial charge is 0.392 e. The number of amides is 1. The number of nitrogens with one attached hydrogen (secondary N) is 1. The van der Waals surface area contributed by atoms with Gasteiger partial charge in [0.15, 0.2) is 0 Å². The molecule has 3 atom stereocenters. The number of carbonyl (C=O) groups is 1. The van der Waals surface area contributed by atoms with E-state index in [0.717, 1.165) is 25.5 Å². The van der Waals surface area contributed by atoms with Crippen molar-refractivity contribution >= 4 is 11.9 Å². The number of carbonyl (C=O) groups excluding carboxylic acids is 1. The van der Waals surface area contributed by atoms with Crippen LogP contribution in [0.3, 0.4) is 0 Å². The molecule has 2 heterocycles. The van der Waals surface area contributed by atoms with E-state index in [0.29, 0.717) is 25.9 Å². The van der Waals surface area contributed by atoms with Crippen molar-refractivity contribution in [2.75, 3.05) is 31.1 Å². The van der Waals surface area contributed by atoms with Gasteiger partial charge in [-0.1, -0.05) is 0 Å². The molecule has 0 unspecified atom stereocenters.